The molecule has 0 aliphatic carbocycles. The fraction of sp³-hybridized carbons (Fsp3) is 0.0714. The minimum atomic E-state index is -4.81. The van der Waals surface area contributed by atoms with Crippen molar-refractivity contribution < 1.29 is 32.9 Å². The Hall–Kier alpha value is -2.70. The monoisotopic (exact) mass is 298 g/mol. The van der Waals surface area contributed by atoms with Crippen molar-refractivity contribution in [3.8, 4) is 22.6 Å². The van der Waals surface area contributed by atoms with E-state index in [1.807, 2.05) is 0 Å². The van der Waals surface area contributed by atoms with Gasteiger partial charge in [-0.1, -0.05) is 12.1 Å². The maximum Gasteiger partial charge on any atom is 0.573 e. The van der Waals surface area contributed by atoms with Crippen LogP contribution in [0.15, 0.2) is 42.5 Å². The largest absolute Gasteiger partial charge is 0.573 e. The van der Waals surface area contributed by atoms with Gasteiger partial charge in [0.2, 0.25) is 0 Å². The smallest absolute Gasteiger partial charge is 0.507 e. The summed E-state index contributed by atoms with van der Waals surface area (Å²) in [5, 5.41) is 18.6. The molecule has 0 amide bonds. The highest BCUT2D eigenvalue weighted by atomic mass is 19.4. The Kier molecular flexibility index (Phi) is 3.75. The van der Waals surface area contributed by atoms with Crippen molar-refractivity contribution in [2.24, 2.45) is 0 Å². The van der Waals surface area contributed by atoms with Crippen LogP contribution in [0.5, 0.6) is 11.5 Å². The van der Waals surface area contributed by atoms with Crippen molar-refractivity contribution in [3.05, 3.63) is 48.0 Å². The number of carboxylic acid groups (broad SMARTS) is 1. The van der Waals surface area contributed by atoms with Crippen LogP contribution >= 0.6 is 0 Å². The van der Waals surface area contributed by atoms with E-state index in [1.165, 1.54) is 24.3 Å². The number of halogens is 3. The number of hydrogen-bond acceptors (Lipinski definition) is 3. The van der Waals surface area contributed by atoms with Crippen molar-refractivity contribution in [2.75, 3.05) is 0 Å². The number of aromatic carboxylic acids is 1. The highest BCUT2D eigenvalue weighted by Gasteiger charge is 2.31. The van der Waals surface area contributed by atoms with Gasteiger partial charge in [-0.15, -0.1) is 13.2 Å². The molecule has 2 aromatic carbocycles. The number of rotatable bonds is 3. The Morgan fingerprint density at radius 3 is 2.38 bits per heavy atom. The molecule has 2 N–H and O–H groups in total. The fourth-order valence-corrected chi connectivity index (χ4v) is 1.77. The Balaban J connectivity index is 2.38. The van der Waals surface area contributed by atoms with Gasteiger partial charge in [-0.2, -0.15) is 0 Å². The Morgan fingerprint density at radius 2 is 1.81 bits per heavy atom. The second-order valence-electron chi connectivity index (χ2n) is 4.11. The maximum absolute atomic E-state index is 12.2. The normalized spacial score (nSPS) is 11.2. The van der Waals surface area contributed by atoms with Crippen molar-refractivity contribution in [1.82, 2.24) is 0 Å². The van der Waals surface area contributed by atoms with E-state index in [9.17, 15) is 23.1 Å². The first-order valence-electron chi connectivity index (χ1n) is 5.69. The van der Waals surface area contributed by atoms with E-state index in [0.29, 0.717) is 0 Å². The number of phenolic OH excluding ortho intramolecular Hbond substituents is 1. The lowest BCUT2D eigenvalue weighted by molar-refractivity contribution is -0.274. The van der Waals surface area contributed by atoms with Crippen LogP contribution in [0.1, 0.15) is 10.4 Å². The molecule has 110 valence electrons. The highest BCUT2D eigenvalue weighted by Crippen LogP contribution is 2.33. The minimum absolute atomic E-state index is 0.126. The number of hydrogen-bond donors (Lipinski definition) is 2. The fourth-order valence-electron chi connectivity index (χ4n) is 1.77. The van der Waals surface area contributed by atoms with Crippen LogP contribution in [-0.2, 0) is 0 Å². The van der Waals surface area contributed by atoms with Crippen molar-refractivity contribution in [3.63, 3.8) is 0 Å². The summed E-state index contributed by atoms with van der Waals surface area (Å²) in [4.78, 5) is 10.8. The summed E-state index contributed by atoms with van der Waals surface area (Å²) < 4.78 is 40.3. The van der Waals surface area contributed by atoms with E-state index in [-0.39, 0.29) is 22.4 Å². The molecular weight excluding hydrogens is 289 g/mol. The molecular formula is C14H9F3O4. The number of alkyl halides is 3. The number of carbonyl (C=O) groups is 1. The van der Waals surface area contributed by atoms with Gasteiger partial charge in [0.1, 0.15) is 11.5 Å². The molecule has 0 spiro atoms. The molecule has 4 nitrogen and oxygen atoms in total. The van der Waals surface area contributed by atoms with Crippen LogP contribution in [0.3, 0.4) is 0 Å². The molecule has 0 atom stereocenters. The van der Waals surface area contributed by atoms with Gasteiger partial charge in [-0.25, -0.2) is 4.79 Å². The lowest BCUT2D eigenvalue weighted by Crippen LogP contribution is -2.17. The molecule has 0 unspecified atom stereocenters. The zero-order valence-corrected chi connectivity index (χ0v) is 10.4. The molecule has 21 heavy (non-hydrogen) atoms. The van der Waals surface area contributed by atoms with Crippen LogP contribution in [-0.4, -0.2) is 22.5 Å². The standard InChI is InChI=1S/C14H9F3O4/c15-14(16,17)21-10-3-1-2-8(6-10)11-5-4-9(13(19)20)7-12(11)18/h1-7,18H,(H,19,20). The highest BCUT2D eigenvalue weighted by molar-refractivity contribution is 5.89. The molecule has 0 bridgehead atoms. The van der Waals surface area contributed by atoms with Crippen LogP contribution in [0.2, 0.25) is 0 Å². The second kappa shape index (κ2) is 5.35. The summed E-state index contributed by atoms with van der Waals surface area (Å²) in [6, 6.07) is 8.61. The quantitative estimate of drug-likeness (QED) is 0.907. The third-order valence-corrected chi connectivity index (χ3v) is 2.62. The van der Waals surface area contributed by atoms with Crippen LogP contribution in [0, 0.1) is 0 Å². The van der Waals surface area contributed by atoms with E-state index in [0.717, 1.165) is 18.2 Å². The topological polar surface area (TPSA) is 66.8 Å². The van der Waals surface area contributed by atoms with Crippen molar-refractivity contribution in [1.29, 1.82) is 0 Å². The number of aromatic hydroxyl groups is 1. The van der Waals surface area contributed by atoms with E-state index in [4.69, 9.17) is 5.11 Å². The van der Waals surface area contributed by atoms with E-state index >= 15 is 0 Å². The molecule has 0 heterocycles. The first-order valence-corrected chi connectivity index (χ1v) is 5.69. The zero-order valence-electron chi connectivity index (χ0n) is 10.4. The average molecular weight is 298 g/mol. The van der Waals surface area contributed by atoms with Gasteiger partial charge >= 0.3 is 12.3 Å². The third kappa shape index (κ3) is 3.65. The molecule has 2 rings (SSSR count). The summed E-state index contributed by atoms with van der Waals surface area (Å²) in [5.74, 6) is -1.99. The number of ether oxygens (including phenoxy) is 1. The van der Waals surface area contributed by atoms with Gasteiger partial charge in [0.25, 0.3) is 0 Å². The van der Waals surface area contributed by atoms with Gasteiger partial charge in [0, 0.05) is 5.56 Å². The van der Waals surface area contributed by atoms with Gasteiger partial charge < -0.3 is 14.9 Å². The summed E-state index contributed by atoms with van der Waals surface area (Å²) >= 11 is 0. The summed E-state index contributed by atoms with van der Waals surface area (Å²) in [5.41, 5.74) is 0.345. The summed E-state index contributed by atoms with van der Waals surface area (Å²) in [7, 11) is 0. The molecule has 2 aromatic rings. The summed E-state index contributed by atoms with van der Waals surface area (Å²) in [6.45, 7) is 0. The summed E-state index contributed by atoms with van der Waals surface area (Å²) in [6.07, 6.45) is -4.81. The molecule has 7 heteroatoms. The van der Waals surface area contributed by atoms with E-state index < -0.39 is 18.1 Å². The van der Waals surface area contributed by atoms with Crippen LogP contribution in [0.25, 0.3) is 11.1 Å². The second-order valence-corrected chi connectivity index (χ2v) is 4.11. The first-order chi connectivity index (χ1) is 9.76. The lowest BCUT2D eigenvalue weighted by atomic mass is 10.0. The van der Waals surface area contributed by atoms with Crippen LogP contribution < -0.4 is 4.74 Å². The Morgan fingerprint density at radius 1 is 1.10 bits per heavy atom. The molecule has 0 aliphatic heterocycles. The van der Waals surface area contributed by atoms with Crippen molar-refractivity contribution in [2.45, 2.75) is 6.36 Å². The molecule has 0 saturated heterocycles. The van der Waals surface area contributed by atoms with Crippen molar-refractivity contribution >= 4 is 5.97 Å². The zero-order chi connectivity index (χ0) is 15.6. The van der Waals surface area contributed by atoms with Gasteiger partial charge in [-0.3, -0.25) is 0 Å². The Bertz CT molecular complexity index is 680. The predicted molar refractivity (Wildman–Crippen MR) is 67.2 cm³/mol. The Labute approximate surface area is 117 Å². The molecule has 0 aliphatic rings. The SMILES string of the molecule is O=C(O)c1ccc(-c2cccc(OC(F)(F)F)c2)c(O)c1. The average Bonchev–Trinajstić information content (AvgIpc) is 2.36. The molecule has 0 radical (unpaired) electrons. The van der Waals surface area contributed by atoms with Gasteiger partial charge in [0.15, 0.2) is 0 Å². The number of benzene rings is 2. The third-order valence-electron chi connectivity index (χ3n) is 2.62. The van der Waals surface area contributed by atoms with Gasteiger partial charge in [0.05, 0.1) is 5.56 Å². The molecule has 0 saturated carbocycles. The van der Waals surface area contributed by atoms with Gasteiger partial charge in [-0.05, 0) is 35.9 Å². The van der Waals surface area contributed by atoms with E-state index in [2.05, 4.69) is 4.74 Å². The number of carboxylic acids is 1. The maximum atomic E-state index is 12.2. The first kappa shape index (κ1) is 14.7. The molecule has 0 fully saturated rings. The number of phenols is 1. The molecule has 0 aromatic heterocycles. The lowest BCUT2D eigenvalue weighted by Gasteiger charge is -2.11. The van der Waals surface area contributed by atoms with Crippen LogP contribution in [0.4, 0.5) is 13.2 Å². The predicted octanol–water partition coefficient (Wildman–Crippen LogP) is 3.66. The van der Waals surface area contributed by atoms with E-state index in [1.54, 1.807) is 0 Å². The minimum Gasteiger partial charge on any atom is -0.507 e.